The van der Waals surface area contributed by atoms with E-state index in [0.717, 1.165) is 102 Å². The van der Waals surface area contributed by atoms with E-state index in [0.29, 0.717) is 0 Å². The number of nitrogens with one attached hydrogen (secondary N) is 11. The summed E-state index contributed by atoms with van der Waals surface area (Å²) >= 11 is 22.4. The molecule has 141 heavy (non-hydrogen) atoms. The first-order valence-electron chi connectivity index (χ1n) is 44.6. The van der Waals surface area contributed by atoms with Gasteiger partial charge >= 0.3 is 65.7 Å². The molecule has 0 saturated carbocycles. The lowest BCUT2D eigenvalue weighted by Crippen LogP contribution is -2.71. The maximum atomic E-state index is 16.5. The Labute approximate surface area is 832 Å². The van der Waals surface area contributed by atoms with Gasteiger partial charge in [-0.1, -0.05) is 62.7 Å². The van der Waals surface area contributed by atoms with Crippen molar-refractivity contribution < 1.29 is 186 Å². The molecule has 5 heterocycles. The molecule has 0 aromatic heterocycles. The highest BCUT2D eigenvalue weighted by Crippen LogP contribution is 2.38. The number of carbonyl (C=O) groups is 20. The summed E-state index contributed by atoms with van der Waals surface area (Å²) in [6, 6.07) is -17.6. The van der Waals surface area contributed by atoms with Crippen molar-refractivity contribution in [3.63, 3.8) is 0 Å². The van der Waals surface area contributed by atoms with Crippen LogP contribution in [0.2, 0.25) is 0 Å². The van der Waals surface area contributed by atoms with Crippen molar-refractivity contribution in [2.24, 2.45) is 11.7 Å². The number of nitrogens with zero attached hydrogens (tertiary/aromatic N) is 1. The zero-order valence-corrected chi connectivity index (χ0v) is 84.6. The van der Waals surface area contributed by atoms with Crippen LogP contribution in [-0.4, -0.2) is 366 Å². The zero-order chi connectivity index (χ0) is 106. The summed E-state index contributed by atoms with van der Waals surface area (Å²) in [4.78, 5) is 272. The second kappa shape index (κ2) is 57.1. The fourth-order valence-corrected chi connectivity index (χ4v) is 16.2. The van der Waals surface area contributed by atoms with Crippen molar-refractivity contribution >= 4 is 188 Å². The number of carbonyl (C=O) groups excluding carboxylic acids is 19. The van der Waals surface area contributed by atoms with Gasteiger partial charge in [-0.3, -0.25) is 95.9 Å². The van der Waals surface area contributed by atoms with Crippen molar-refractivity contribution in [1.29, 1.82) is 0 Å². The standard InChI is InChI=1S/C85H127N13O39S4/c1-33(2)26-53(95-77(115)52(90-37(6)99)23-24-61(112)113)78(116)89-34(3)76(114)96-63(36(5)125-83-67(94-41(10)141)75(71(129-49(18)107)58(133-83)32-123-45(14)103)137-85-65(92-39(8)139)73(131-51(20)109)69(127-47(16)105)56(135-85)30-121-43(12)101)81(119)97-62(80(118)88-28-60(111)98-25-21-22-54(98)79(117)87-27-59(86)110)35(4)124-82-66(93-40(9)140)74(70(128-48(17)106)57(132-82)31-122-44(13)102)136-84-64(91-38(7)138)72(130-50(19)108)68(126-46(15)104)55(134-84)29-120-42(11)100/h33-36,52-58,62-75,82-85H,21-32H2,1-20H3,(H2,86,110)(H,87,117)(H,88,118)(H,89,116)(H,90,99)(H,91,138)(H,92,139)(H,93,140)(H,94,141)(H,95,115)(H,96,114)(H,97,119)(H,112,113)/t34-,35+,36+,52-,53-,54-,55+,56+,57+,58+,62-,63-,64+,65+,66+,67+,68-,69-,70-,71-,72+,73+,74+,75+,82-,83-,84+,85+/m0/s1. The van der Waals surface area contributed by atoms with Gasteiger partial charge in [-0.15, -0.1) is 0 Å². The van der Waals surface area contributed by atoms with E-state index in [1.165, 1.54) is 27.7 Å². The number of nitrogens with two attached hydrogens (primary N) is 1. The molecule has 0 aromatic carbocycles. The number of hydrogen-bond donors (Lipinski definition) is 13. The minimum atomic E-state index is -2.37. The van der Waals surface area contributed by atoms with E-state index in [4.69, 9.17) is 140 Å². The largest absolute Gasteiger partial charge is 0.481 e. The number of likely N-dealkylation sites (tertiary alicyclic amines) is 1. The predicted octanol–water partition coefficient (Wildman–Crippen LogP) is -4.39. The molecule has 0 bridgehead atoms. The molecule has 5 aliphatic heterocycles. The molecule has 52 nitrogen and oxygen atoms in total. The Bertz CT molecular complexity index is 4560. The molecule has 14 N–H and O–H groups in total. The minimum Gasteiger partial charge on any atom is -0.481 e. The van der Waals surface area contributed by atoms with Crippen LogP contribution in [0, 0.1) is 5.92 Å². The fourth-order valence-electron chi connectivity index (χ4n) is 15.6. The lowest BCUT2D eigenvalue weighted by Gasteiger charge is -2.50. The summed E-state index contributed by atoms with van der Waals surface area (Å²) in [5.74, 6) is -21.2. The number of esters is 10. The number of aliphatic carboxylic acids is 1. The van der Waals surface area contributed by atoms with E-state index in [1.54, 1.807) is 13.8 Å². The number of rotatable bonds is 48. The number of carboxylic acids is 1. The first-order chi connectivity index (χ1) is 65.9. The van der Waals surface area contributed by atoms with Crippen molar-refractivity contribution in [2.75, 3.05) is 46.1 Å². The van der Waals surface area contributed by atoms with Crippen LogP contribution >= 0.6 is 48.9 Å². The van der Waals surface area contributed by atoms with Crippen molar-refractivity contribution in [3.05, 3.63) is 0 Å². The molecule has 0 unspecified atom stereocenters. The van der Waals surface area contributed by atoms with Gasteiger partial charge in [-0.05, 0) is 80.1 Å². The smallest absolute Gasteiger partial charge is 0.303 e. The van der Waals surface area contributed by atoms with E-state index in [-0.39, 0.29) is 45.8 Å². The molecule has 0 aromatic rings. The summed E-state index contributed by atoms with van der Waals surface area (Å²) in [7, 11) is 0. The summed E-state index contributed by atoms with van der Waals surface area (Å²) in [6.45, 7) is 18.2. The fraction of sp³-hybridized carbons (Fsp3) is 0.718. The highest BCUT2D eigenvalue weighted by Gasteiger charge is 2.60. The van der Waals surface area contributed by atoms with Gasteiger partial charge in [0.25, 0.3) is 0 Å². The third kappa shape index (κ3) is 39.1. The average Bonchev–Trinajstić information content (AvgIpc) is 1.65. The Morgan fingerprint density at radius 2 is 0.730 bits per heavy atom. The van der Waals surface area contributed by atoms with Crippen LogP contribution in [0.4, 0.5) is 0 Å². The van der Waals surface area contributed by atoms with Gasteiger partial charge in [-0.25, -0.2) is 0 Å². The summed E-state index contributed by atoms with van der Waals surface area (Å²) in [6.07, 6.45) is -34.1. The van der Waals surface area contributed by atoms with Crippen molar-refractivity contribution in [2.45, 2.75) is 342 Å². The number of thiocarbonyl (C=S) groups is 4. The van der Waals surface area contributed by atoms with E-state index in [9.17, 15) is 86.6 Å². The van der Waals surface area contributed by atoms with Gasteiger partial charge < -0.3 is 159 Å². The number of ether oxygens (including phenoxy) is 18. The maximum Gasteiger partial charge on any atom is 0.303 e. The van der Waals surface area contributed by atoms with Gasteiger partial charge in [0.1, 0.15) is 123 Å². The van der Waals surface area contributed by atoms with E-state index in [2.05, 4.69) is 58.5 Å². The van der Waals surface area contributed by atoms with E-state index >= 15 is 14.4 Å². The summed E-state index contributed by atoms with van der Waals surface area (Å²) < 4.78 is 110. The maximum absolute atomic E-state index is 16.5. The molecule has 0 aliphatic carbocycles. The Balaban J connectivity index is 1.89. The van der Waals surface area contributed by atoms with Crippen LogP contribution in [-0.2, 0) is 181 Å². The first kappa shape index (κ1) is 120. The van der Waals surface area contributed by atoms with E-state index < -0.39 is 348 Å². The van der Waals surface area contributed by atoms with Crippen LogP contribution < -0.4 is 64.2 Å². The Morgan fingerprint density at radius 1 is 0.390 bits per heavy atom. The number of hydrogen-bond acceptors (Lipinski definition) is 42. The molecular formula is C85H127N13O39S4. The molecule has 790 valence electrons. The van der Waals surface area contributed by atoms with Crippen molar-refractivity contribution in [3.8, 4) is 0 Å². The molecule has 0 radical (unpaired) electrons. The second-order valence-corrected chi connectivity index (χ2v) is 36.3. The molecule has 56 heteroatoms. The van der Waals surface area contributed by atoms with Gasteiger partial charge in [0.15, 0.2) is 61.8 Å². The SMILES string of the molecule is CC(=O)N[C@@H](CCC(=O)O)C(=O)N[C@@H](CC(C)C)C(=O)N[C@@H](C)C(=O)N[C@H](C(=O)N[C@H](C(=O)NCC(=O)N1CCC[C@H]1C(=O)NCC(N)=O)[C@@H](C)O[C@H]1O[C@H](COC(C)=O)[C@H](OC(C)=O)[C@H](O[C@H]2O[C@H](COC(C)=O)[C@H](OC(C)=O)[C@H](OC(C)=O)[C@H]2NC(C)=S)[C@H]1NC(C)=S)[C@@H](C)O[C@H]1O[C@H](COC(C)=O)[C@H](OC(C)=O)[C@H](O[C@H]2O[C@H](COC(C)=O)[C@H](OC(C)=O)[C@H](OC(C)=O)[C@H]2NC(C)=S)[C@H]1NC(C)=S. The van der Waals surface area contributed by atoms with Gasteiger partial charge in [-0.2, -0.15) is 0 Å². The lowest BCUT2D eigenvalue weighted by molar-refractivity contribution is -0.333. The normalized spacial score (nSPS) is 26.6. The summed E-state index contributed by atoms with van der Waals surface area (Å²) in [5.41, 5.74) is 5.33. The van der Waals surface area contributed by atoms with Gasteiger partial charge in [0, 0.05) is 89.1 Å². The summed E-state index contributed by atoms with van der Waals surface area (Å²) in [5, 5.41) is 38.5. The molecule has 5 fully saturated rings. The van der Waals surface area contributed by atoms with Crippen LogP contribution in [0.3, 0.4) is 0 Å². The molecule has 5 aliphatic rings. The van der Waals surface area contributed by atoms with Crippen LogP contribution in [0.1, 0.15) is 171 Å². The van der Waals surface area contributed by atoms with Gasteiger partial charge in [0.05, 0.1) is 45.3 Å². The molecule has 0 spiro atoms. The molecule has 28 atom stereocenters. The zero-order valence-electron chi connectivity index (χ0n) is 81.3. The topological polar surface area (TPSA) is 689 Å². The van der Waals surface area contributed by atoms with Crippen LogP contribution in [0.5, 0.6) is 0 Å². The quantitative estimate of drug-likeness (QED) is 0.0155. The Hall–Kier alpha value is -11.4. The van der Waals surface area contributed by atoms with Gasteiger partial charge in [0.2, 0.25) is 53.2 Å². The van der Waals surface area contributed by atoms with Crippen LogP contribution in [0.15, 0.2) is 0 Å². The molecule has 9 amide bonds. The molecule has 5 rings (SSSR count). The minimum absolute atomic E-state index is 0.0415. The molecule has 5 saturated heterocycles. The average molecular weight is 2080 g/mol. The van der Waals surface area contributed by atoms with Crippen LogP contribution in [0.25, 0.3) is 0 Å². The first-order valence-corrected chi connectivity index (χ1v) is 46.2. The molecular weight excluding hydrogens is 1960 g/mol. The second-order valence-electron chi connectivity index (χ2n) is 33.8. The highest BCUT2D eigenvalue weighted by molar-refractivity contribution is 7.80. The third-order valence-electron chi connectivity index (χ3n) is 21.2. The highest BCUT2D eigenvalue weighted by atomic mass is 32.1. The Kier molecular flexibility index (Phi) is 48.6. The monoisotopic (exact) mass is 2080 g/mol. The number of amides is 9. The number of primary amides is 1. The third-order valence-corrected chi connectivity index (χ3v) is 21.7. The predicted molar refractivity (Wildman–Crippen MR) is 493 cm³/mol. The van der Waals surface area contributed by atoms with E-state index in [1.807, 2.05) is 0 Å². The number of carboxylic acid groups (broad SMARTS) is 1. The Morgan fingerprint density at radius 3 is 1.07 bits per heavy atom. The lowest BCUT2D eigenvalue weighted by atomic mass is 9.93. The van der Waals surface area contributed by atoms with Crippen molar-refractivity contribution in [1.82, 2.24) is 63.4 Å².